The molecule has 1 aromatic heterocycles. The Hall–Kier alpha value is -0.830. The molecule has 0 bridgehead atoms. The first-order valence-electron chi connectivity index (χ1n) is 5.45. The molecular formula is C11H19N3. The van der Waals surface area contributed by atoms with Crippen molar-refractivity contribution in [2.75, 3.05) is 0 Å². The molecule has 14 heavy (non-hydrogen) atoms. The number of nitrogens with zero attached hydrogens (tertiary/aromatic N) is 2. The summed E-state index contributed by atoms with van der Waals surface area (Å²) in [5.74, 6) is 0. The zero-order valence-corrected chi connectivity index (χ0v) is 9.25. The fourth-order valence-electron chi connectivity index (χ4n) is 1.50. The molecule has 0 amide bonds. The van der Waals surface area contributed by atoms with E-state index in [1.54, 1.807) is 0 Å². The van der Waals surface area contributed by atoms with Crippen LogP contribution in [0.25, 0.3) is 0 Å². The molecule has 1 N–H and O–H groups in total. The first-order valence-corrected chi connectivity index (χ1v) is 5.45. The lowest BCUT2D eigenvalue weighted by molar-refractivity contribution is 0.528. The number of hydrogen-bond acceptors (Lipinski definition) is 2. The molecule has 0 spiro atoms. The van der Waals surface area contributed by atoms with Crippen molar-refractivity contribution < 1.29 is 0 Å². The molecule has 1 saturated carbocycles. The average molecular weight is 193 g/mol. The lowest BCUT2D eigenvalue weighted by atomic mass is 10.2. The van der Waals surface area contributed by atoms with Gasteiger partial charge in [-0.25, -0.2) is 0 Å². The number of rotatable bonds is 4. The van der Waals surface area contributed by atoms with Crippen LogP contribution in [-0.2, 0) is 6.54 Å². The molecule has 1 fully saturated rings. The highest BCUT2D eigenvalue weighted by molar-refractivity contribution is 5.15. The van der Waals surface area contributed by atoms with Gasteiger partial charge in [-0.15, -0.1) is 0 Å². The third-order valence-corrected chi connectivity index (χ3v) is 2.71. The first kappa shape index (κ1) is 9.71. The Kier molecular flexibility index (Phi) is 2.59. The van der Waals surface area contributed by atoms with Crippen LogP contribution in [0.3, 0.4) is 0 Å². The second-order valence-electron chi connectivity index (χ2n) is 4.47. The van der Waals surface area contributed by atoms with Gasteiger partial charge < -0.3 is 5.32 Å². The Morgan fingerprint density at radius 1 is 1.57 bits per heavy atom. The highest BCUT2D eigenvalue weighted by Gasteiger charge is 2.20. The second kappa shape index (κ2) is 3.73. The van der Waals surface area contributed by atoms with E-state index in [0.29, 0.717) is 6.04 Å². The van der Waals surface area contributed by atoms with Crippen molar-refractivity contribution in [3.8, 4) is 0 Å². The average Bonchev–Trinajstić information content (AvgIpc) is 2.87. The van der Waals surface area contributed by atoms with Gasteiger partial charge in [0.05, 0.1) is 5.69 Å². The summed E-state index contributed by atoms with van der Waals surface area (Å²) >= 11 is 0. The lowest BCUT2D eigenvalue weighted by Crippen LogP contribution is -2.15. The van der Waals surface area contributed by atoms with Gasteiger partial charge in [-0.2, -0.15) is 5.10 Å². The lowest BCUT2D eigenvalue weighted by Gasteiger charge is -2.03. The maximum Gasteiger partial charge on any atom is 0.0638 e. The van der Waals surface area contributed by atoms with Gasteiger partial charge in [-0.1, -0.05) is 0 Å². The van der Waals surface area contributed by atoms with Crippen LogP contribution in [0.1, 0.15) is 44.0 Å². The number of aryl methyl sites for hydroxylation is 1. The second-order valence-corrected chi connectivity index (χ2v) is 4.47. The summed E-state index contributed by atoms with van der Waals surface area (Å²) in [6, 6.07) is 1.24. The van der Waals surface area contributed by atoms with E-state index in [1.165, 1.54) is 18.4 Å². The predicted octanol–water partition coefficient (Wildman–Crippen LogP) is 2.02. The van der Waals surface area contributed by atoms with E-state index in [0.717, 1.165) is 18.3 Å². The normalized spacial score (nSPS) is 16.6. The van der Waals surface area contributed by atoms with E-state index < -0.39 is 0 Å². The molecule has 1 heterocycles. The van der Waals surface area contributed by atoms with Gasteiger partial charge in [-0.3, -0.25) is 4.68 Å². The number of aromatic nitrogens is 2. The minimum atomic E-state index is 0.461. The van der Waals surface area contributed by atoms with Gasteiger partial charge in [0.15, 0.2) is 0 Å². The van der Waals surface area contributed by atoms with Gasteiger partial charge in [0.2, 0.25) is 0 Å². The molecule has 0 aliphatic heterocycles. The molecule has 0 aromatic carbocycles. The van der Waals surface area contributed by atoms with Crippen molar-refractivity contribution >= 4 is 0 Å². The van der Waals surface area contributed by atoms with Crippen molar-refractivity contribution in [2.45, 2.75) is 52.2 Å². The van der Waals surface area contributed by atoms with E-state index in [1.807, 2.05) is 4.68 Å². The maximum atomic E-state index is 4.49. The Labute approximate surface area is 85.5 Å². The van der Waals surface area contributed by atoms with E-state index in [4.69, 9.17) is 0 Å². The van der Waals surface area contributed by atoms with Crippen LogP contribution in [0.15, 0.2) is 6.20 Å². The fourth-order valence-corrected chi connectivity index (χ4v) is 1.50. The summed E-state index contributed by atoms with van der Waals surface area (Å²) in [6.07, 6.45) is 4.85. The van der Waals surface area contributed by atoms with Crippen molar-refractivity contribution in [1.82, 2.24) is 15.1 Å². The van der Waals surface area contributed by atoms with Crippen LogP contribution in [0.4, 0.5) is 0 Å². The van der Waals surface area contributed by atoms with Gasteiger partial charge in [0.1, 0.15) is 0 Å². The molecule has 3 nitrogen and oxygen atoms in total. The Morgan fingerprint density at radius 3 is 2.79 bits per heavy atom. The van der Waals surface area contributed by atoms with Gasteiger partial charge >= 0.3 is 0 Å². The highest BCUT2D eigenvalue weighted by Crippen LogP contribution is 2.20. The van der Waals surface area contributed by atoms with Crippen LogP contribution >= 0.6 is 0 Å². The summed E-state index contributed by atoms with van der Waals surface area (Å²) < 4.78 is 2.04. The Morgan fingerprint density at radius 2 is 2.29 bits per heavy atom. The minimum absolute atomic E-state index is 0.461. The molecule has 2 rings (SSSR count). The molecule has 1 aliphatic rings. The topological polar surface area (TPSA) is 29.9 Å². The van der Waals surface area contributed by atoms with Gasteiger partial charge in [-0.05, 0) is 33.6 Å². The molecular weight excluding hydrogens is 174 g/mol. The molecule has 0 saturated heterocycles. The smallest absolute Gasteiger partial charge is 0.0638 e. The van der Waals surface area contributed by atoms with Crippen molar-refractivity contribution in [3.05, 3.63) is 17.5 Å². The number of nitrogens with one attached hydrogen (secondary N) is 1. The van der Waals surface area contributed by atoms with Gasteiger partial charge in [0, 0.05) is 30.4 Å². The van der Waals surface area contributed by atoms with Crippen LogP contribution < -0.4 is 5.32 Å². The molecule has 0 atom stereocenters. The molecule has 78 valence electrons. The van der Waals surface area contributed by atoms with E-state index >= 15 is 0 Å². The van der Waals surface area contributed by atoms with Crippen LogP contribution in [0.5, 0.6) is 0 Å². The summed E-state index contributed by atoms with van der Waals surface area (Å²) in [7, 11) is 0. The van der Waals surface area contributed by atoms with Crippen molar-refractivity contribution in [1.29, 1.82) is 0 Å². The fraction of sp³-hybridized carbons (Fsp3) is 0.727. The summed E-state index contributed by atoms with van der Waals surface area (Å²) in [6.45, 7) is 7.38. The zero-order valence-electron chi connectivity index (χ0n) is 9.25. The number of hydrogen-bond donors (Lipinski definition) is 1. The van der Waals surface area contributed by atoms with Crippen LogP contribution in [0, 0.1) is 6.92 Å². The third-order valence-electron chi connectivity index (χ3n) is 2.71. The Balaban J connectivity index is 2.00. The monoisotopic (exact) mass is 193 g/mol. The Bertz CT molecular complexity index is 310. The molecule has 3 heteroatoms. The molecule has 1 aliphatic carbocycles. The maximum absolute atomic E-state index is 4.49. The van der Waals surface area contributed by atoms with Crippen LogP contribution in [-0.4, -0.2) is 15.8 Å². The quantitative estimate of drug-likeness (QED) is 0.793. The summed E-state index contributed by atoms with van der Waals surface area (Å²) in [5, 5.41) is 8.00. The molecule has 0 radical (unpaired) electrons. The molecule has 1 aromatic rings. The largest absolute Gasteiger partial charge is 0.310 e. The zero-order chi connectivity index (χ0) is 10.1. The summed E-state index contributed by atoms with van der Waals surface area (Å²) in [4.78, 5) is 0. The standard InChI is InChI=1S/C11H19N3/c1-8(2)14-7-10(9(3)13-14)6-12-11-4-5-11/h7-8,11-12H,4-6H2,1-3H3. The highest BCUT2D eigenvalue weighted by atomic mass is 15.3. The molecule has 0 unspecified atom stereocenters. The minimum Gasteiger partial charge on any atom is -0.310 e. The predicted molar refractivity (Wildman–Crippen MR) is 57.2 cm³/mol. The van der Waals surface area contributed by atoms with E-state index in [2.05, 4.69) is 37.4 Å². The van der Waals surface area contributed by atoms with E-state index in [9.17, 15) is 0 Å². The third kappa shape index (κ3) is 2.15. The van der Waals surface area contributed by atoms with Gasteiger partial charge in [0.25, 0.3) is 0 Å². The first-order chi connectivity index (χ1) is 6.66. The van der Waals surface area contributed by atoms with Crippen molar-refractivity contribution in [3.63, 3.8) is 0 Å². The van der Waals surface area contributed by atoms with Crippen LogP contribution in [0.2, 0.25) is 0 Å². The SMILES string of the molecule is Cc1nn(C(C)C)cc1CNC1CC1. The summed E-state index contributed by atoms with van der Waals surface area (Å²) in [5.41, 5.74) is 2.50. The van der Waals surface area contributed by atoms with Crippen molar-refractivity contribution in [2.24, 2.45) is 0 Å². The van der Waals surface area contributed by atoms with E-state index in [-0.39, 0.29) is 0 Å².